The van der Waals surface area contributed by atoms with Crippen molar-refractivity contribution in [3.63, 3.8) is 0 Å². The van der Waals surface area contributed by atoms with Crippen LogP contribution in [0.2, 0.25) is 0 Å². The number of aryl methyl sites for hydroxylation is 1. The Hall–Kier alpha value is -3.66. The average molecular weight is 452 g/mol. The first-order valence-electron chi connectivity index (χ1n) is 9.99. The largest absolute Gasteiger partial charge is 0.507 e. The van der Waals surface area contributed by atoms with Crippen molar-refractivity contribution in [2.24, 2.45) is 0 Å². The van der Waals surface area contributed by atoms with E-state index in [9.17, 15) is 9.90 Å². The molecule has 10 heteroatoms. The van der Waals surface area contributed by atoms with Crippen LogP contribution in [0.25, 0.3) is 39.1 Å². The maximum Gasteiger partial charge on any atom is 0.326 e. The van der Waals surface area contributed by atoms with E-state index in [1.54, 1.807) is 28.4 Å². The van der Waals surface area contributed by atoms with E-state index >= 15 is 0 Å². The van der Waals surface area contributed by atoms with Crippen LogP contribution >= 0.6 is 12.6 Å². The van der Waals surface area contributed by atoms with Gasteiger partial charge in [-0.25, -0.2) is 4.79 Å². The Morgan fingerprint density at radius 1 is 1.22 bits per heavy atom. The number of ether oxygens (including phenoxy) is 1. The highest BCUT2D eigenvalue weighted by atomic mass is 32.1. The van der Waals surface area contributed by atoms with E-state index in [2.05, 4.69) is 27.8 Å². The molecule has 0 fully saturated rings. The van der Waals surface area contributed by atoms with Crippen molar-refractivity contribution < 1.29 is 14.3 Å². The number of nitrogens with zero attached hydrogens (tertiary/aromatic N) is 4. The van der Waals surface area contributed by atoms with E-state index in [-0.39, 0.29) is 17.5 Å². The first kappa shape index (κ1) is 20.3. The van der Waals surface area contributed by atoms with Crippen LogP contribution in [0.5, 0.6) is 11.5 Å². The molecule has 0 spiro atoms. The zero-order chi connectivity index (χ0) is 22.7. The highest BCUT2D eigenvalue weighted by Gasteiger charge is 2.22. The van der Waals surface area contributed by atoms with Gasteiger partial charge in [-0.1, -0.05) is 0 Å². The molecule has 2 aromatic carbocycles. The van der Waals surface area contributed by atoms with Crippen LogP contribution in [0.4, 0.5) is 0 Å². The molecule has 3 aromatic heterocycles. The Kier molecular flexibility index (Phi) is 4.55. The van der Waals surface area contributed by atoms with Gasteiger partial charge in [0.1, 0.15) is 11.5 Å². The number of furan rings is 1. The lowest BCUT2D eigenvalue weighted by Crippen LogP contribution is -2.18. The van der Waals surface area contributed by atoms with Crippen molar-refractivity contribution >= 4 is 34.6 Å². The lowest BCUT2D eigenvalue weighted by atomic mass is 10.1. The minimum atomic E-state index is -0.242. The number of imidazole rings is 1. The summed E-state index contributed by atoms with van der Waals surface area (Å²) in [7, 11) is 1.58. The van der Waals surface area contributed by atoms with Crippen molar-refractivity contribution in [2.75, 3.05) is 7.11 Å². The third-order valence-corrected chi connectivity index (χ3v) is 5.74. The van der Waals surface area contributed by atoms with E-state index in [0.717, 1.165) is 16.8 Å². The number of nitrogens with one attached hydrogen (secondary N) is 1. The van der Waals surface area contributed by atoms with E-state index in [0.29, 0.717) is 38.9 Å². The van der Waals surface area contributed by atoms with Crippen molar-refractivity contribution in [1.82, 2.24) is 24.3 Å². The maximum atomic E-state index is 12.4. The lowest BCUT2D eigenvalue weighted by Gasteiger charge is -2.13. The zero-order valence-corrected chi connectivity index (χ0v) is 18.8. The summed E-state index contributed by atoms with van der Waals surface area (Å²) in [4.78, 5) is 15.2. The molecule has 5 aromatic rings. The summed E-state index contributed by atoms with van der Waals surface area (Å²) in [5.74, 6) is 1.66. The second-order valence-electron chi connectivity index (χ2n) is 7.83. The second kappa shape index (κ2) is 7.20. The fourth-order valence-electron chi connectivity index (χ4n) is 4.09. The number of phenolic OH excluding ortho intramolecular Hbond substituents is 1. The Bertz CT molecular complexity index is 1560. The van der Waals surface area contributed by atoms with Gasteiger partial charge in [0.2, 0.25) is 0 Å². The molecule has 0 aliphatic carbocycles. The fraction of sp³-hybridized carbons (Fsp3) is 0.227. The maximum absolute atomic E-state index is 12.4. The van der Waals surface area contributed by atoms with Gasteiger partial charge in [-0.05, 0) is 45.0 Å². The second-order valence-corrected chi connectivity index (χ2v) is 8.23. The van der Waals surface area contributed by atoms with Gasteiger partial charge in [0.05, 0.1) is 29.4 Å². The van der Waals surface area contributed by atoms with Gasteiger partial charge in [-0.15, -0.1) is 22.8 Å². The van der Waals surface area contributed by atoms with Crippen LogP contribution in [-0.4, -0.2) is 36.5 Å². The minimum Gasteiger partial charge on any atom is -0.507 e. The van der Waals surface area contributed by atoms with Crippen LogP contribution in [0.1, 0.15) is 25.6 Å². The van der Waals surface area contributed by atoms with Gasteiger partial charge in [0, 0.05) is 17.5 Å². The number of fused-ring (bicyclic) bond motifs is 2. The molecule has 0 unspecified atom stereocenters. The number of hydrogen-bond donors (Lipinski definition) is 3. The summed E-state index contributed by atoms with van der Waals surface area (Å²) in [6.45, 7) is 5.70. The van der Waals surface area contributed by atoms with Gasteiger partial charge >= 0.3 is 5.69 Å². The predicted molar refractivity (Wildman–Crippen MR) is 123 cm³/mol. The number of hydrogen-bond acceptors (Lipinski definition) is 7. The molecule has 0 aliphatic heterocycles. The summed E-state index contributed by atoms with van der Waals surface area (Å²) in [6, 6.07) is 8.74. The molecule has 5 rings (SSSR count). The lowest BCUT2D eigenvalue weighted by molar-refractivity contribution is 0.408. The summed E-state index contributed by atoms with van der Waals surface area (Å²) in [5.41, 5.74) is 2.69. The van der Waals surface area contributed by atoms with Crippen molar-refractivity contribution in [2.45, 2.75) is 32.0 Å². The number of thiol groups is 1. The number of phenols is 1. The molecule has 0 saturated carbocycles. The van der Waals surface area contributed by atoms with E-state index in [4.69, 9.17) is 9.15 Å². The quantitative estimate of drug-likeness (QED) is 0.353. The summed E-state index contributed by atoms with van der Waals surface area (Å²) >= 11 is 4.51. The van der Waals surface area contributed by atoms with Gasteiger partial charge in [-0.2, -0.15) is 0 Å². The fourth-order valence-corrected chi connectivity index (χ4v) is 4.34. The smallest absolute Gasteiger partial charge is 0.326 e. The third kappa shape index (κ3) is 2.90. The van der Waals surface area contributed by atoms with E-state index in [1.165, 1.54) is 6.07 Å². The molecule has 0 radical (unpaired) electrons. The molecule has 164 valence electrons. The number of aromatic hydroxyl groups is 1. The molecular formula is C22H21N5O4S. The summed E-state index contributed by atoms with van der Waals surface area (Å²) < 4.78 is 14.6. The number of aromatic nitrogens is 5. The molecule has 0 amide bonds. The van der Waals surface area contributed by atoms with Gasteiger partial charge in [0.25, 0.3) is 0 Å². The summed E-state index contributed by atoms with van der Waals surface area (Å²) in [5, 5.41) is 20.4. The Balaban J connectivity index is 1.80. The number of methoxy groups -OCH3 is 1. The van der Waals surface area contributed by atoms with Gasteiger partial charge in [0.15, 0.2) is 22.3 Å². The van der Waals surface area contributed by atoms with Crippen molar-refractivity contribution in [3.05, 3.63) is 46.6 Å². The number of H-pyrrole nitrogens is 1. The molecule has 0 atom stereocenters. The first-order valence-corrected chi connectivity index (χ1v) is 10.4. The molecule has 32 heavy (non-hydrogen) atoms. The number of aromatic amines is 1. The zero-order valence-electron chi connectivity index (χ0n) is 17.9. The molecule has 0 bridgehead atoms. The Morgan fingerprint density at radius 2 is 2.00 bits per heavy atom. The van der Waals surface area contributed by atoms with E-state index < -0.39 is 0 Å². The minimum absolute atomic E-state index is 0.0373. The molecule has 0 aliphatic rings. The van der Waals surface area contributed by atoms with Crippen LogP contribution in [0.3, 0.4) is 0 Å². The van der Waals surface area contributed by atoms with Crippen LogP contribution in [-0.2, 0) is 0 Å². The average Bonchev–Trinajstić information content (AvgIpc) is 3.40. The van der Waals surface area contributed by atoms with Crippen molar-refractivity contribution in [1.29, 1.82) is 0 Å². The topological polar surface area (TPSA) is 111 Å². The van der Waals surface area contributed by atoms with Crippen LogP contribution < -0.4 is 10.4 Å². The van der Waals surface area contributed by atoms with Crippen LogP contribution in [0.15, 0.2) is 44.7 Å². The molecule has 0 saturated heterocycles. The SMILES string of the molecule is COc1ccc(-n2c(S)nnc2-c2cc3c(cc2O)[nH]c(=O)n3C(C)C)c2cc(C)oc12. The number of benzene rings is 2. The normalized spacial score (nSPS) is 11.8. The summed E-state index contributed by atoms with van der Waals surface area (Å²) in [6.07, 6.45) is 0. The first-order chi connectivity index (χ1) is 15.3. The molecular weight excluding hydrogens is 430 g/mol. The van der Waals surface area contributed by atoms with Gasteiger partial charge < -0.3 is 19.2 Å². The van der Waals surface area contributed by atoms with Crippen molar-refractivity contribution in [3.8, 4) is 28.6 Å². The Morgan fingerprint density at radius 3 is 2.72 bits per heavy atom. The molecule has 2 N–H and O–H groups in total. The molecule has 9 nitrogen and oxygen atoms in total. The monoisotopic (exact) mass is 451 g/mol. The highest BCUT2D eigenvalue weighted by molar-refractivity contribution is 7.80. The standard InChI is InChI=1S/C22H21N5O4S/c1-10(2)26-16-8-13(17(28)9-14(16)23-21(26)29)20-24-25-22(32)27(20)15-5-6-18(30-4)19-12(15)7-11(3)31-19/h5-10,28H,1-4H3,(H,23,29)(H,25,32). The third-order valence-electron chi connectivity index (χ3n) is 5.45. The molecule has 3 heterocycles. The van der Waals surface area contributed by atoms with Crippen LogP contribution in [0, 0.1) is 6.92 Å². The van der Waals surface area contributed by atoms with Gasteiger partial charge in [-0.3, -0.25) is 9.13 Å². The predicted octanol–water partition coefficient (Wildman–Crippen LogP) is 4.22. The van der Waals surface area contributed by atoms with E-state index in [1.807, 2.05) is 32.9 Å². The number of rotatable bonds is 4. The Labute approximate surface area is 187 Å². The highest BCUT2D eigenvalue weighted by Crippen LogP contribution is 2.38.